The lowest BCUT2D eigenvalue weighted by atomic mass is 10.1. The Morgan fingerprint density at radius 2 is 1.93 bits per heavy atom. The highest BCUT2D eigenvalue weighted by Gasteiger charge is 2.11. The topological polar surface area (TPSA) is 103 Å². The van der Waals surface area contributed by atoms with Gasteiger partial charge in [-0.2, -0.15) is 0 Å². The van der Waals surface area contributed by atoms with Crippen molar-refractivity contribution >= 4 is 33.3 Å². The summed E-state index contributed by atoms with van der Waals surface area (Å²) in [5.41, 5.74) is 15.5. The van der Waals surface area contributed by atoms with Gasteiger partial charge in [0.2, 0.25) is 0 Å². The molecule has 28 heavy (non-hydrogen) atoms. The highest BCUT2D eigenvalue weighted by atomic mass is 32.1. The fourth-order valence-electron chi connectivity index (χ4n) is 2.96. The van der Waals surface area contributed by atoms with Crippen molar-refractivity contribution in [2.75, 3.05) is 17.6 Å². The predicted octanol–water partition coefficient (Wildman–Crippen LogP) is 3.98. The SMILES string of the molecule is Nc1noc2ccc(-c3cnc(NC[C@@H](N)Cc4ccc(CF)cc4)s3)cc12. The third kappa shape index (κ3) is 3.97. The standard InChI is InChI=1S/C20H20FN5OS/c21-9-13-3-1-12(2-4-13)7-15(22)10-24-20-25-11-18(28-20)14-5-6-17-16(8-14)19(23)26-27-17/h1-6,8,11,15H,7,9-10,22H2,(H2,23,26)(H,24,25)/t15-/m0/s1. The predicted molar refractivity (Wildman–Crippen MR) is 111 cm³/mol. The van der Waals surface area contributed by atoms with Crippen molar-refractivity contribution in [1.82, 2.24) is 10.1 Å². The molecule has 1 atom stereocenters. The quantitative estimate of drug-likeness (QED) is 0.436. The maximum absolute atomic E-state index is 12.6. The van der Waals surface area contributed by atoms with Crippen molar-refractivity contribution in [3.63, 3.8) is 0 Å². The van der Waals surface area contributed by atoms with Gasteiger partial charge in [0.1, 0.15) is 6.67 Å². The van der Waals surface area contributed by atoms with Crippen molar-refractivity contribution in [2.45, 2.75) is 19.1 Å². The third-order valence-electron chi connectivity index (χ3n) is 4.48. The summed E-state index contributed by atoms with van der Waals surface area (Å²) in [6.45, 7) is 0.145. The van der Waals surface area contributed by atoms with Gasteiger partial charge in [-0.15, -0.1) is 0 Å². The van der Waals surface area contributed by atoms with Crippen LogP contribution >= 0.6 is 11.3 Å². The maximum Gasteiger partial charge on any atom is 0.183 e. The number of aromatic nitrogens is 2. The van der Waals surface area contributed by atoms with Crippen molar-refractivity contribution in [3.8, 4) is 10.4 Å². The monoisotopic (exact) mass is 397 g/mol. The van der Waals surface area contributed by atoms with E-state index in [0.717, 1.165) is 26.5 Å². The van der Waals surface area contributed by atoms with Gasteiger partial charge in [0.15, 0.2) is 16.5 Å². The first-order valence-electron chi connectivity index (χ1n) is 8.86. The number of nitrogens with one attached hydrogen (secondary N) is 1. The number of thiazole rings is 1. The lowest BCUT2D eigenvalue weighted by molar-refractivity contribution is 0.460. The number of halogens is 1. The van der Waals surface area contributed by atoms with Crippen LogP contribution in [0.15, 0.2) is 53.2 Å². The molecule has 2 aromatic carbocycles. The summed E-state index contributed by atoms with van der Waals surface area (Å²) in [7, 11) is 0. The molecule has 4 rings (SSSR count). The highest BCUT2D eigenvalue weighted by Crippen LogP contribution is 2.32. The Morgan fingerprint density at radius 3 is 2.71 bits per heavy atom. The molecule has 0 saturated carbocycles. The summed E-state index contributed by atoms with van der Waals surface area (Å²) < 4.78 is 17.7. The Balaban J connectivity index is 1.37. The Kier molecular flexibility index (Phi) is 5.23. The summed E-state index contributed by atoms with van der Waals surface area (Å²) >= 11 is 1.54. The Bertz CT molecular complexity index is 1080. The Hall–Kier alpha value is -2.97. The third-order valence-corrected chi connectivity index (χ3v) is 5.48. The van der Waals surface area contributed by atoms with Crippen LogP contribution in [-0.4, -0.2) is 22.7 Å². The molecule has 5 N–H and O–H groups in total. The molecular weight excluding hydrogens is 377 g/mol. The molecule has 0 amide bonds. The average Bonchev–Trinajstić information content (AvgIpc) is 3.34. The van der Waals surface area contributed by atoms with Gasteiger partial charge in [-0.3, -0.25) is 0 Å². The number of hydrogen-bond donors (Lipinski definition) is 3. The minimum Gasteiger partial charge on any atom is -0.380 e. The highest BCUT2D eigenvalue weighted by molar-refractivity contribution is 7.18. The summed E-state index contributed by atoms with van der Waals surface area (Å²) in [5, 5.41) is 8.66. The lowest BCUT2D eigenvalue weighted by Crippen LogP contribution is -2.31. The fourth-order valence-corrected chi connectivity index (χ4v) is 3.78. The zero-order valence-electron chi connectivity index (χ0n) is 15.1. The first-order valence-corrected chi connectivity index (χ1v) is 9.68. The Morgan fingerprint density at radius 1 is 1.14 bits per heavy atom. The number of hydrogen-bond acceptors (Lipinski definition) is 7. The van der Waals surface area contributed by atoms with E-state index in [9.17, 15) is 4.39 Å². The van der Waals surface area contributed by atoms with Gasteiger partial charge in [0, 0.05) is 18.8 Å². The summed E-state index contributed by atoms with van der Waals surface area (Å²) in [5.74, 6) is 0.380. The van der Waals surface area contributed by atoms with Crippen LogP contribution in [0.1, 0.15) is 11.1 Å². The lowest BCUT2D eigenvalue weighted by Gasteiger charge is -2.12. The molecule has 0 bridgehead atoms. The smallest absolute Gasteiger partial charge is 0.183 e. The first kappa shape index (κ1) is 18.4. The van der Waals surface area contributed by atoms with Crippen molar-refractivity contribution < 1.29 is 8.91 Å². The second-order valence-corrected chi connectivity index (χ2v) is 7.63. The molecule has 0 aliphatic carbocycles. The van der Waals surface area contributed by atoms with Crippen LogP contribution in [0.2, 0.25) is 0 Å². The largest absolute Gasteiger partial charge is 0.380 e. The summed E-state index contributed by atoms with van der Waals surface area (Å²) in [4.78, 5) is 5.44. The summed E-state index contributed by atoms with van der Waals surface area (Å²) in [6, 6.07) is 13.1. The molecule has 144 valence electrons. The van der Waals surface area contributed by atoms with Gasteiger partial charge in [0.25, 0.3) is 0 Å². The van der Waals surface area contributed by atoms with E-state index in [1.165, 1.54) is 0 Å². The van der Waals surface area contributed by atoms with Crippen LogP contribution < -0.4 is 16.8 Å². The van der Waals surface area contributed by atoms with Crippen LogP contribution in [-0.2, 0) is 13.1 Å². The van der Waals surface area contributed by atoms with E-state index >= 15 is 0 Å². The van der Waals surface area contributed by atoms with E-state index in [1.807, 2.05) is 36.5 Å². The van der Waals surface area contributed by atoms with Crippen LogP contribution in [0.3, 0.4) is 0 Å². The van der Waals surface area contributed by atoms with Crippen LogP contribution in [0.4, 0.5) is 15.3 Å². The number of fused-ring (bicyclic) bond motifs is 1. The number of rotatable bonds is 7. The number of nitrogens with zero attached hydrogens (tertiary/aromatic N) is 2. The average molecular weight is 397 g/mol. The number of benzene rings is 2. The van der Waals surface area contributed by atoms with E-state index in [1.54, 1.807) is 23.5 Å². The molecule has 0 radical (unpaired) electrons. The normalized spacial score (nSPS) is 12.4. The van der Waals surface area contributed by atoms with Gasteiger partial charge in [0.05, 0.1) is 10.3 Å². The van der Waals surface area contributed by atoms with E-state index in [-0.39, 0.29) is 6.04 Å². The molecule has 4 aromatic rings. The van der Waals surface area contributed by atoms with Gasteiger partial charge < -0.3 is 21.3 Å². The van der Waals surface area contributed by atoms with Crippen LogP contribution in [0.25, 0.3) is 21.4 Å². The van der Waals surface area contributed by atoms with Crippen molar-refractivity contribution in [3.05, 3.63) is 59.8 Å². The van der Waals surface area contributed by atoms with E-state index in [2.05, 4.69) is 15.5 Å². The molecular formula is C20H20FN5OS. The minimum atomic E-state index is -0.448. The second-order valence-electron chi connectivity index (χ2n) is 6.60. The first-order chi connectivity index (χ1) is 13.6. The molecule has 8 heteroatoms. The maximum atomic E-state index is 12.6. The number of alkyl halides is 1. The van der Waals surface area contributed by atoms with Crippen LogP contribution in [0, 0.1) is 0 Å². The molecule has 2 heterocycles. The molecule has 6 nitrogen and oxygen atoms in total. The molecule has 0 spiro atoms. The van der Waals surface area contributed by atoms with Crippen LogP contribution in [0.5, 0.6) is 0 Å². The van der Waals surface area contributed by atoms with Crippen molar-refractivity contribution in [2.24, 2.45) is 5.73 Å². The zero-order chi connectivity index (χ0) is 19.5. The molecule has 0 aliphatic rings. The number of nitrogens with two attached hydrogens (primary N) is 2. The molecule has 0 unspecified atom stereocenters. The molecule has 0 fully saturated rings. The Labute approximate surface area is 165 Å². The van der Waals surface area contributed by atoms with Crippen molar-refractivity contribution in [1.29, 1.82) is 0 Å². The second kappa shape index (κ2) is 7.95. The minimum absolute atomic E-state index is 0.0725. The fraction of sp³-hybridized carbons (Fsp3) is 0.200. The number of anilines is 2. The number of nitrogen functional groups attached to an aromatic ring is 1. The molecule has 0 aliphatic heterocycles. The zero-order valence-corrected chi connectivity index (χ0v) is 15.9. The molecule has 2 aromatic heterocycles. The van der Waals surface area contributed by atoms with Gasteiger partial charge >= 0.3 is 0 Å². The van der Waals surface area contributed by atoms with E-state index < -0.39 is 6.67 Å². The van der Waals surface area contributed by atoms with E-state index in [4.69, 9.17) is 16.0 Å². The van der Waals surface area contributed by atoms with Gasteiger partial charge in [-0.05, 0) is 41.3 Å². The van der Waals surface area contributed by atoms with E-state index in [0.29, 0.717) is 29.9 Å². The molecule has 0 saturated heterocycles. The van der Waals surface area contributed by atoms with Gasteiger partial charge in [-0.25, -0.2) is 9.37 Å². The summed E-state index contributed by atoms with van der Waals surface area (Å²) in [6.07, 6.45) is 2.53. The van der Waals surface area contributed by atoms with Gasteiger partial charge in [-0.1, -0.05) is 40.8 Å².